The van der Waals surface area contributed by atoms with E-state index in [0.29, 0.717) is 12.8 Å². The van der Waals surface area contributed by atoms with Gasteiger partial charge in [0.15, 0.2) is 9.84 Å². The summed E-state index contributed by atoms with van der Waals surface area (Å²) in [4.78, 5) is 10.7. The van der Waals surface area contributed by atoms with Gasteiger partial charge in [0.1, 0.15) is 0 Å². The molecule has 0 spiro atoms. The Hall–Kier alpha value is -0.580. The fraction of sp³-hybridized carbons (Fsp3) is 0.900. The fourth-order valence-corrected chi connectivity index (χ4v) is 3.93. The molecule has 2 unspecified atom stereocenters. The molecule has 1 N–H and O–H groups in total. The highest BCUT2D eigenvalue weighted by Gasteiger charge is 2.47. The van der Waals surface area contributed by atoms with Crippen molar-refractivity contribution in [2.24, 2.45) is 11.8 Å². The molecule has 0 bridgehead atoms. The average Bonchev–Trinajstić information content (AvgIpc) is 2.27. The van der Waals surface area contributed by atoms with Crippen molar-refractivity contribution in [2.75, 3.05) is 5.75 Å². The third-order valence-electron chi connectivity index (χ3n) is 3.58. The molecule has 1 saturated heterocycles. The molecule has 0 aromatic carbocycles. The molecule has 0 saturated carbocycles. The highest BCUT2D eigenvalue weighted by molar-refractivity contribution is 7.93. The van der Waals surface area contributed by atoms with Gasteiger partial charge in [-0.25, -0.2) is 8.42 Å². The van der Waals surface area contributed by atoms with Crippen LogP contribution in [0.2, 0.25) is 0 Å². The number of carboxylic acid groups (broad SMARTS) is 1. The zero-order valence-corrected chi connectivity index (χ0v) is 10.2. The highest BCUT2D eigenvalue weighted by Crippen LogP contribution is 2.40. The van der Waals surface area contributed by atoms with Crippen LogP contribution in [0.1, 0.15) is 33.6 Å². The van der Waals surface area contributed by atoms with Crippen LogP contribution in [0.5, 0.6) is 0 Å². The molecule has 88 valence electrons. The maximum Gasteiger partial charge on any atom is 0.306 e. The summed E-state index contributed by atoms with van der Waals surface area (Å²) in [7, 11) is -3.04. The minimum atomic E-state index is -3.04. The quantitative estimate of drug-likeness (QED) is 0.799. The molecule has 2 atom stereocenters. The van der Waals surface area contributed by atoms with E-state index in [1.807, 2.05) is 0 Å². The van der Waals surface area contributed by atoms with Crippen molar-refractivity contribution in [2.45, 2.75) is 38.4 Å². The van der Waals surface area contributed by atoms with Gasteiger partial charge in [0, 0.05) is 0 Å². The van der Waals surface area contributed by atoms with Crippen molar-refractivity contribution in [3.8, 4) is 0 Å². The highest BCUT2D eigenvalue weighted by atomic mass is 32.2. The van der Waals surface area contributed by atoms with Crippen LogP contribution < -0.4 is 0 Å². The van der Waals surface area contributed by atoms with E-state index in [4.69, 9.17) is 5.11 Å². The molecule has 15 heavy (non-hydrogen) atoms. The molecule has 0 aromatic rings. The minimum absolute atomic E-state index is 0.0337. The Morgan fingerprint density at radius 3 is 2.40 bits per heavy atom. The molecule has 1 aliphatic heterocycles. The predicted molar refractivity (Wildman–Crippen MR) is 57.4 cm³/mol. The minimum Gasteiger partial charge on any atom is -0.481 e. The van der Waals surface area contributed by atoms with Crippen molar-refractivity contribution in [1.82, 2.24) is 0 Å². The van der Waals surface area contributed by atoms with Gasteiger partial charge in [-0.15, -0.1) is 0 Å². The summed E-state index contributed by atoms with van der Waals surface area (Å²) in [6, 6.07) is 0. The normalized spacial score (nSPS) is 29.9. The van der Waals surface area contributed by atoms with Crippen molar-refractivity contribution in [3.63, 3.8) is 0 Å². The molecule has 0 amide bonds. The van der Waals surface area contributed by atoms with Gasteiger partial charge in [-0.1, -0.05) is 6.92 Å². The van der Waals surface area contributed by atoms with Crippen LogP contribution in [-0.2, 0) is 14.6 Å². The van der Waals surface area contributed by atoms with Gasteiger partial charge >= 0.3 is 5.97 Å². The molecular weight excluding hydrogens is 216 g/mol. The van der Waals surface area contributed by atoms with Gasteiger partial charge in [-0.3, -0.25) is 4.79 Å². The largest absolute Gasteiger partial charge is 0.481 e. The first kappa shape index (κ1) is 12.5. The van der Waals surface area contributed by atoms with Crippen LogP contribution in [0, 0.1) is 11.8 Å². The number of hydrogen-bond acceptors (Lipinski definition) is 3. The maximum atomic E-state index is 11.7. The van der Waals surface area contributed by atoms with Crippen LogP contribution in [0.4, 0.5) is 0 Å². The third-order valence-corrected chi connectivity index (χ3v) is 6.29. The van der Waals surface area contributed by atoms with E-state index in [1.54, 1.807) is 20.8 Å². The fourth-order valence-electron chi connectivity index (χ4n) is 2.09. The first-order valence-corrected chi connectivity index (χ1v) is 6.79. The summed E-state index contributed by atoms with van der Waals surface area (Å²) in [5, 5.41) is 8.79. The van der Waals surface area contributed by atoms with Crippen molar-refractivity contribution < 1.29 is 18.3 Å². The smallest absolute Gasteiger partial charge is 0.306 e. The maximum absolute atomic E-state index is 11.7. The second-order valence-corrected chi connectivity index (χ2v) is 7.57. The lowest BCUT2D eigenvalue weighted by Crippen LogP contribution is -2.35. The molecule has 0 aliphatic carbocycles. The Balaban J connectivity index is 2.79. The summed E-state index contributed by atoms with van der Waals surface area (Å²) in [6.07, 6.45) is 1.04. The van der Waals surface area contributed by atoms with Crippen LogP contribution >= 0.6 is 0 Å². The second kappa shape index (κ2) is 3.77. The van der Waals surface area contributed by atoms with Crippen molar-refractivity contribution in [3.05, 3.63) is 0 Å². The van der Waals surface area contributed by atoms with E-state index in [9.17, 15) is 13.2 Å². The van der Waals surface area contributed by atoms with Crippen molar-refractivity contribution >= 4 is 15.8 Å². The number of carbonyl (C=O) groups is 1. The van der Waals surface area contributed by atoms with Gasteiger partial charge < -0.3 is 5.11 Å². The number of carboxylic acids is 1. The predicted octanol–water partition coefficient (Wildman–Crippen LogP) is 1.31. The second-order valence-electron chi connectivity index (χ2n) is 4.88. The van der Waals surface area contributed by atoms with Gasteiger partial charge in [-0.05, 0) is 32.6 Å². The van der Waals surface area contributed by atoms with E-state index in [2.05, 4.69) is 0 Å². The lowest BCUT2D eigenvalue weighted by atomic mass is 9.85. The molecule has 0 radical (unpaired) electrons. The molecule has 1 heterocycles. The van der Waals surface area contributed by atoms with Crippen LogP contribution in [0.3, 0.4) is 0 Å². The van der Waals surface area contributed by atoms with E-state index in [-0.39, 0.29) is 11.7 Å². The zero-order valence-electron chi connectivity index (χ0n) is 9.36. The van der Waals surface area contributed by atoms with Gasteiger partial charge in [0.2, 0.25) is 0 Å². The number of aliphatic carboxylic acids is 1. The first-order chi connectivity index (χ1) is 6.68. The van der Waals surface area contributed by atoms with E-state index >= 15 is 0 Å². The SMILES string of the molecule is CC(CC1CCS(=O)(=O)C1(C)C)C(=O)O. The first-order valence-electron chi connectivity index (χ1n) is 5.13. The molecule has 1 rings (SSSR count). The Labute approximate surface area is 90.6 Å². The summed E-state index contributed by atoms with van der Waals surface area (Å²) in [5.74, 6) is -1.16. The summed E-state index contributed by atoms with van der Waals surface area (Å²) < 4.78 is 22.6. The average molecular weight is 234 g/mol. The molecule has 1 aliphatic rings. The number of rotatable bonds is 3. The Morgan fingerprint density at radius 2 is 2.07 bits per heavy atom. The summed E-state index contributed by atoms with van der Waals surface area (Å²) >= 11 is 0. The summed E-state index contributed by atoms with van der Waals surface area (Å²) in [5.41, 5.74) is 0. The molecule has 1 fully saturated rings. The number of hydrogen-bond donors (Lipinski definition) is 1. The van der Waals surface area contributed by atoms with Crippen LogP contribution in [0.25, 0.3) is 0 Å². The lowest BCUT2D eigenvalue weighted by molar-refractivity contribution is -0.141. The van der Waals surface area contributed by atoms with Crippen LogP contribution in [0.15, 0.2) is 0 Å². The standard InChI is InChI=1S/C10H18O4S/c1-7(9(11)12)6-8-4-5-15(13,14)10(8,2)3/h7-8H,4-6H2,1-3H3,(H,11,12). The van der Waals surface area contributed by atoms with Crippen LogP contribution in [-0.4, -0.2) is 30.0 Å². The Bertz CT molecular complexity index is 356. The molecule has 5 heteroatoms. The van der Waals surface area contributed by atoms with Gasteiger partial charge in [0.25, 0.3) is 0 Å². The van der Waals surface area contributed by atoms with E-state index in [0.717, 1.165) is 0 Å². The van der Waals surface area contributed by atoms with E-state index in [1.165, 1.54) is 0 Å². The molecular formula is C10H18O4S. The topological polar surface area (TPSA) is 71.4 Å². The molecule has 4 nitrogen and oxygen atoms in total. The third kappa shape index (κ3) is 2.17. The zero-order chi connectivity index (χ0) is 11.9. The van der Waals surface area contributed by atoms with Gasteiger partial charge in [-0.2, -0.15) is 0 Å². The Morgan fingerprint density at radius 1 is 1.53 bits per heavy atom. The number of sulfone groups is 1. The van der Waals surface area contributed by atoms with Crippen molar-refractivity contribution in [1.29, 1.82) is 0 Å². The molecule has 0 aromatic heterocycles. The summed E-state index contributed by atoms with van der Waals surface area (Å²) in [6.45, 7) is 5.03. The van der Waals surface area contributed by atoms with E-state index < -0.39 is 26.5 Å². The lowest BCUT2D eigenvalue weighted by Gasteiger charge is -2.26. The monoisotopic (exact) mass is 234 g/mol. The van der Waals surface area contributed by atoms with Gasteiger partial charge in [0.05, 0.1) is 16.4 Å². The Kier molecular flexibility index (Phi) is 3.14.